The summed E-state index contributed by atoms with van der Waals surface area (Å²) in [7, 11) is 0. The molecule has 0 unspecified atom stereocenters. The average molecular weight is 314 g/mol. The fourth-order valence-corrected chi connectivity index (χ4v) is 2.30. The zero-order chi connectivity index (χ0) is 16.2. The third-order valence-electron chi connectivity index (χ3n) is 3.52. The van der Waals surface area contributed by atoms with Crippen LogP contribution in [-0.4, -0.2) is 19.6 Å². The van der Waals surface area contributed by atoms with Crippen LogP contribution >= 0.6 is 0 Å². The van der Waals surface area contributed by atoms with Crippen molar-refractivity contribution in [2.24, 2.45) is 10.2 Å². The second kappa shape index (κ2) is 6.29. The molecule has 0 saturated heterocycles. The largest absolute Gasteiger partial charge is 0.241 e. The van der Waals surface area contributed by atoms with Gasteiger partial charge in [-0.15, -0.1) is 0 Å². The summed E-state index contributed by atoms with van der Waals surface area (Å²) in [6.07, 6.45) is 7.30. The van der Waals surface area contributed by atoms with Crippen molar-refractivity contribution in [2.75, 3.05) is 0 Å². The Labute approximate surface area is 138 Å². The summed E-state index contributed by atoms with van der Waals surface area (Å²) in [6, 6.07) is 19.3. The van der Waals surface area contributed by atoms with Crippen LogP contribution in [0.2, 0.25) is 0 Å². The highest BCUT2D eigenvalue weighted by atomic mass is 15.3. The van der Waals surface area contributed by atoms with Crippen LogP contribution in [0.3, 0.4) is 0 Å². The first kappa shape index (κ1) is 14.1. The lowest BCUT2D eigenvalue weighted by molar-refractivity contribution is 0.880. The highest BCUT2D eigenvalue weighted by molar-refractivity contribution is 5.46. The second-order valence-corrected chi connectivity index (χ2v) is 5.13. The van der Waals surface area contributed by atoms with Crippen molar-refractivity contribution in [3.05, 3.63) is 85.5 Å². The number of azo groups is 1. The predicted molar refractivity (Wildman–Crippen MR) is 91.3 cm³/mol. The molecule has 0 aliphatic carbocycles. The Bertz CT molecular complexity index is 841. The lowest BCUT2D eigenvalue weighted by Gasteiger charge is -2.01. The maximum absolute atomic E-state index is 4.26. The van der Waals surface area contributed by atoms with Crippen LogP contribution < -0.4 is 0 Å². The van der Waals surface area contributed by atoms with Crippen LogP contribution in [-0.2, 0) is 0 Å². The molecule has 0 radical (unpaired) electrons. The molecule has 0 atom stereocenters. The first-order chi connectivity index (χ1) is 11.9. The minimum Gasteiger partial charge on any atom is -0.241 e. The molecule has 2 aromatic heterocycles. The minimum atomic E-state index is 0.794. The van der Waals surface area contributed by atoms with Crippen molar-refractivity contribution >= 4 is 11.4 Å². The molecule has 4 aromatic rings. The van der Waals surface area contributed by atoms with E-state index in [-0.39, 0.29) is 0 Å². The molecule has 0 amide bonds. The SMILES string of the molecule is c1cnn(-c2ccc(N=Nc3ccc(-n4cccn4)cc3)cc2)c1. The van der Waals surface area contributed by atoms with Crippen molar-refractivity contribution in [3.8, 4) is 11.4 Å². The number of hydrogen-bond donors (Lipinski definition) is 0. The Balaban J connectivity index is 1.48. The monoisotopic (exact) mass is 314 g/mol. The van der Waals surface area contributed by atoms with E-state index in [9.17, 15) is 0 Å². The van der Waals surface area contributed by atoms with E-state index in [2.05, 4.69) is 20.4 Å². The van der Waals surface area contributed by atoms with Gasteiger partial charge < -0.3 is 0 Å². The third kappa shape index (κ3) is 2.98. The summed E-state index contributed by atoms with van der Waals surface area (Å²) >= 11 is 0. The molecule has 0 bridgehead atoms. The molecule has 0 aliphatic rings. The molecule has 24 heavy (non-hydrogen) atoms. The van der Waals surface area contributed by atoms with Crippen molar-refractivity contribution in [1.82, 2.24) is 19.6 Å². The van der Waals surface area contributed by atoms with Gasteiger partial charge in [-0.25, -0.2) is 9.36 Å². The van der Waals surface area contributed by atoms with Gasteiger partial charge in [-0.05, 0) is 60.7 Å². The van der Waals surface area contributed by atoms with Crippen molar-refractivity contribution in [2.45, 2.75) is 0 Å². The topological polar surface area (TPSA) is 60.4 Å². The lowest BCUT2D eigenvalue weighted by Crippen LogP contribution is -1.92. The van der Waals surface area contributed by atoms with E-state index < -0.39 is 0 Å². The molecule has 2 heterocycles. The fourth-order valence-electron chi connectivity index (χ4n) is 2.30. The Morgan fingerprint density at radius 1 is 0.583 bits per heavy atom. The van der Waals surface area contributed by atoms with Gasteiger partial charge >= 0.3 is 0 Å². The van der Waals surface area contributed by atoms with Gasteiger partial charge in [0.15, 0.2) is 0 Å². The van der Waals surface area contributed by atoms with Gasteiger partial charge in [-0.1, -0.05) is 0 Å². The lowest BCUT2D eigenvalue weighted by atomic mass is 10.3. The first-order valence-corrected chi connectivity index (χ1v) is 7.50. The Hall–Kier alpha value is -3.54. The zero-order valence-corrected chi connectivity index (χ0v) is 12.8. The molecule has 4 rings (SSSR count). The second-order valence-electron chi connectivity index (χ2n) is 5.13. The molecular formula is C18H14N6. The Morgan fingerprint density at radius 2 is 1.00 bits per heavy atom. The van der Waals surface area contributed by atoms with Gasteiger partial charge in [-0.2, -0.15) is 20.4 Å². The van der Waals surface area contributed by atoms with Crippen molar-refractivity contribution in [3.63, 3.8) is 0 Å². The molecule has 0 aliphatic heterocycles. The van der Waals surface area contributed by atoms with Gasteiger partial charge in [0.05, 0.1) is 22.7 Å². The van der Waals surface area contributed by atoms with Crippen LogP contribution in [0.15, 0.2) is 95.7 Å². The number of benzene rings is 2. The van der Waals surface area contributed by atoms with Crippen LogP contribution in [0, 0.1) is 0 Å². The van der Waals surface area contributed by atoms with Gasteiger partial charge in [0.2, 0.25) is 0 Å². The quantitative estimate of drug-likeness (QED) is 0.522. The highest BCUT2D eigenvalue weighted by Gasteiger charge is 1.98. The van der Waals surface area contributed by atoms with Crippen molar-refractivity contribution < 1.29 is 0 Å². The van der Waals surface area contributed by atoms with Gasteiger partial charge in [-0.3, -0.25) is 0 Å². The molecule has 6 nitrogen and oxygen atoms in total. The van der Waals surface area contributed by atoms with Gasteiger partial charge in [0, 0.05) is 24.8 Å². The van der Waals surface area contributed by atoms with Crippen LogP contribution in [0.5, 0.6) is 0 Å². The maximum Gasteiger partial charge on any atom is 0.0858 e. The standard InChI is InChI=1S/C18H14N6/c1-11-19-23(13-1)17-7-3-15(4-8-17)21-22-16-5-9-18(10-6-16)24-14-2-12-20-24/h1-14H. The summed E-state index contributed by atoms with van der Waals surface area (Å²) in [6.45, 7) is 0. The summed E-state index contributed by atoms with van der Waals surface area (Å²) in [5, 5.41) is 16.9. The normalized spacial score (nSPS) is 11.2. The predicted octanol–water partition coefficient (Wildman–Crippen LogP) is 4.47. The smallest absolute Gasteiger partial charge is 0.0858 e. The van der Waals surface area contributed by atoms with E-state index in [1.807, 2.05) is 73.1 Å². The molecule has 0 spiro atoms. The Kier molecular flexibility index (Phi) is 3.69. The fraction of sp³-hybridized carbons (Fsp3) is 0. The van der Waals surface area contributed by atoms with Gasteiger partial charge in [0.25, 0.3) is 0 Å². The number of hydrogen-bond acceptors (Lipinski definition) is 4. The summed E-state index contributed by atoms with van der Waals surface area (Å²) < 4.78 is 3.60. The average Bonchev–Trinajstić information content (AvgIpc) is 3.34. The minimum absolute atomic E-state index is 0.794. The van der Waals surface area contributed by atoms with E-state index in [0.29, 0.717) is 0 Å². The molecular weight excluding hydrogens is 300 g/mol. The number of nitrogens with zero attached hydrogens (tertiary/aromatic N) is 6. The van der Waals surface area contributed by atoms with E-state index in [0.717, 1.165) is 22.7 Å². The van der Waals surface area contributed by atoms with Crippen LogP contribution in [0.25, 0.3) is 11.4 Å². The third-order valence-corrected chi connectivity index (χ3v) is 3.52. The van der Waals surface area contributed by atoms with E-state index >= 15 is 0 Å². The number of aromatic nitrogens is 4. The number of rotatable bonds is 4. The molecule has 6 heteroatoms. The molecule has 2 aromatic carbocycles. The summed E-state index contributed by atoms with van der Waals surface area (Å²) in [5.74, 6) is 0. The molecule has 0 saturated carbocycles. The molecule has 0 N–H and O–H groups in total. The highest BCUT2D eigenvalue weighted by Crippen LogP contribution is 2.20. The molecule has 0 fully saturated rings. The van der Waals surface area contributed by atoms with Crippen LogP contribution in [0.4, 0.5) is 11.4 Å². The van der Waals surface area contributed by atoms with Crippen LogP contribution in [0.1, 0.15) is 0 Å². The van der Waals surface area contributed by atoms with E-state index in [4.69, 9.17) is 0 Å². The Morgan fingerprint density at radius 3 is 1.33 bits per heavy atom. The summed E-state index contributed by atoms with van der Waals surface area (Å²) in [5.41, 5.74) is 3.56. The van der Waals surface area contributed by atoms with Gasteiger partial charge in [0.1, 0.15) is 0 Å². The molecule has 116 valence electrons. The maximum atomic E-state index is 4.26. The van der Waals surface area contributed by atoms with Crippen molar-refractivity contribution in [1.29, 1.82) is 0 Å². The zero-order valence-electron chi connectivity index (χ0n) is 12.8. The van der Waals surface area contributed by atoms with E-state index in [1.165, 1.54) is 0 Å². The van der Waals surface area contributed by atoms with E-state index in [1.54, 1.807) is 21.8 Å². The first-order valence-electron chi connectivity index (χ1n) is 7.50. The summed E-state index contributed by atoms with van der Waals surface area (Å²) in [4.78, 5) is 0.